The zero-order valence-corrected chi connectivity index (χ0v) is 18.2. The third-order valence-corrected chi connectivity index (χ3v) is 7.22. The quantitative estimate of drug-likeness (QED) is 0.302. The normalized spacial score (nSPS) is 11.1. The van der Waals surface area contributed by atoms with Crippen LogP contribution in [-0.4, -0.2) is 10.2 Å². The molecule has 0 unspecified atom stereocenters. The number of benzene rings is 4. The van der Waals surface area contributed by atoms with Gasteiger partial charge in [0.1, 0.15) is 11.5 Å². The molecule has 28 heavy (non-hydrogen) atoms. The fraction of sp³-hybridized carbons (Fsp3) is 0.0435. The van der Waals surface area contributed by atoms with Gasteiger partial charge in [-0.25, -0.2) is 0 Å². The van der Waals surface area contributed by atoms with Crippen molar-refractivity contribution in [2.75, 3.05) is 0 Å². The molecule has 0 aliphatic heterocycles. The number of hydrogen-bond acceptors (Lipinski definition) is 4. The molecular formula is C23H17BrO2S2. The van der Waals surface area contributed by atoms with Gasteiger partial charge in [-0.05, 0) is 43.3 Å². The number of phenolic OH excluding ortho intramolecular Hbond substituents is 2. The van der Waals surface area contributed by atoms with Gasteiger partial charge in [0.15, 0.2) is 0 Å². The van der Waals surface area contributed by atoms with Gasteiger partial charge < -0.3 is 10.2 Å². The van der Waals surface area contributed by atoms with Crippen LogP contribution in [0, 0.1) is 6.92 Å². The van der Waals surface area contributed by atoms with Crippen molar-refractivity contribution in [2.24, 2.45) is 0 Å². The van der Waals surface area contributed by atoms with Crippen LogP contribution in [0.1, 0.15) is 5.56 Å². The van der Waals surface area contributed by atoms with Crippen LogP contribution in [0.15, 0.2) is 96.9 Å². The van der Waals surface area contributed by atoms with E-state index in [-0.39, 0.29) is 11.5 Å². The zero-order valence-electron chi connectivity index (χ0n) is 15.0. The summed E-state index contributed by atoms with van der Waals surface area (Å²) >= 11 is 6.36. The summed E-state index contributed by atoms with van der Waals surface area (Å²) in [5, 5.41) is 23.4. The second-order valence-electron chi connectivity index (χ2n) is 6.37. The Hall–Kier alpha value is -2.08. The summed E-state index contributed by atoms with van der Waals surface area (Å²) in [5.41, 5.74) is 1.18. The predicted octanol–water partition coefficient (Wildman–Crippen LogP) is 7.62. The number of hydrogen-bond donors (Lipinski definition) is 2. The Morgan fingerprint density at radius 2 is 1.07 bits per heavy atom. The first kappa shape index (κ1) is 19.2. The minimum Gasteiger partial charge on any atom is -0.506 e. The van der Waals surface area contributed by atoms with Gasteiger partial charge in [0, 0.05) is 25.0 Å². The number of phenols is 2. The Labute approximate surface area is 180 Å². The highest BCUT2D eigenvalue weighted by Crippen LogP contribution is 2.52. The molecule has 0 amide bonds. The molecule has 0 atom stereocenters. The number of halogens is 1. The van der Waals surface area contributed by atoms with E-state index in [0.29, 0.717) is 20.6 Å². The average Bonchev–Trinajstić information content (AvgIpc) is 2.71. The Morgan fingerprint density at radius 1 is 0.643 bits per heavy atom. The van der Waals surface area contributed by atoms with Crippen molar-refractivity contribution in [1.29, 1.82) is 0 Å². The SMILES string of the molecule is Cc1ccc(Sc2c(Sc3ccc(Br)cc3)c(O)c3ccccc3c2O)cc1. The molecule has 0 saturated heterocycles. The lowest BCUT2D eigenvalue weighted by Gasteiger charge is -2.16. The Kier molecular flexibility index (Phi) is 5.58. The van der Waals surface area contributed by atoms with Crippen molar-refractivity contribution in [2.45, 2.75) is 26.5 Å². The van der Waals surface area contributed by atoms with E-state index >= 15 is 0 Å². The Morgan fingerprint density at radius 3 is 1.54 bits per heavy atom. The van der Waals surface area contributed by atoms with Crippen LogP contribution in [0.2, 0.25) is 0 Å². The molecule has 2 N–H and O–H groups in total. The molecule has 0 radical (unpaired) electrons. The summed E-state index contributed by atoms with van der Waals surface area (Å²) in [4.78, 5) is 3.31. The maximum absolute atomic E-state index is 11.0. The summed E-state index contributed by atoms with van der Waals surface area (Å²) in [6.07, 6.45) is 0. The van der Waals surface area contributed by atoms with Crippen LogP contribution in [0.25, 0.3) is 10.8 Å². The summed E-state index contributed by atoms with van der Waals surface area (Å²) in [5.74, 6) is 0.384. The highest BCUT2D eigenvalue weighted by Gasteiger charge is 2.21. The topological polar surface area (TPSA) is 40.5 Å². The average molecular weight is 469 g/mol. The van der Waals surface area contributed by atoms with Crippen molar-refractivity contribution >= 4 is 50.2 Å². The predicted molar refractivity (Wildman–Crippen MR) is 121 cm³/mol. The van der Waals surface area contributed by atoms with Crippen LogP contribution in [0.4, 0.5) is 0 Å². The van der Waals surface area contributed by atoms with E-state index < -0.39 is 0 Å². The van der Waals surface area contributed by atoms with E-state index in [1.165, 1.54) is 29.1 Å². The zero-order chi connectivity index (χ0) is 19.7. The molecular weight excluding hydrogens is 452 g/mol. The molecule has 5 heteroatoms. The van der Waals surface area contributed by atoms with Gasteiger partial charge in [-0.1, -0.05) is 81.4 Å². The lowest BCUT2D eigenvalue weighted by molar-refractivity contribution is 0.445. The van der Waals surface area contributed by atoms with Crippen LogP contribution in [-0.2, 0) is 0 Å². The molecule has 0 spiro atoms. The first-order valence-electron chi connectivity index (χ1n) is 8.67. The summed E-state index contributed by atoms with van der Waals surface area (Å²) in [6, 6.07) is 23.4. The second-order valence-corrected chi connectivity index (χ2v) is 9.46. The largest absolute Gasteiger partial charge is 0.506 e. The fourth-order valence-electron chi connectivity index (χ4n) is 2.89. The highest BCUT2D eigenvalue weighted by molar-refractivity contribution is 9.10. The van der Waals surface area contributed by atoms with Crippen LogP contribution in [0.3, 0.4) is 0 Å². The van der Waals surface area contributed by atoms with Gasteiger partial charge in [0.25, 0.3) is 0 Å². The summed E-state index contributed by atoms with van der Waals surface area (Å²) in [6.45, 7) is 2.04. The fourth-order valence-corrected chi connectivity index (χ4v) is 5.21. The summed E-state index contributed by atoms with van der Waals surface area (Å²) in [7, 11) is 0. The number of aryl methyl sites for hydroxylation is 1. The van der Waals surface area contributed by atoms with Crippen molar-refractivity contribution in [3.63, 3.8) is 0 Å². The number of rotatable bonds is 4. The lowest BCUT2D eigenvalue weighted by atomic mass is 10.1. The van der Waals surface area contributed by atoms with E-state index in [1.807, 2.05) is 79.7 Å². The molecule has 0 aliphatic carbocycles. The number of aromatic hydroxyl groups is 2. The van der Waals surface area contributed by atoms with Gasteiger partial charge in [0.2, 0.25) is 0 Å². The van der Waals surface area contributed by atoms with Crippen molar-refractivity contribution in [3.8, 4) is 11.5 Å². The third-order valence-electron chi connectivity index (χ3n) is 4.35. The van der Waals surface area contributed by atoms with E-state index in [4.69, 9.17) is 0 Å². The smallest absolute Gasteiger partial charge is 0.138 e. The van der Waals surface area contributed by atoms with E-state index in [2.05, 4.69) is 15.9 Å². The monoisotopic (exact) mass is 468 g/mol. The Bertz CT molecular complexity index is 1050. The molecule has 0 heterocycles. The van der Waals surface area contributed by atoms with Crippen LogP contribution in [0.5, 0.6) is 11.5 Å². The molecule has 0 aliphatic rings. The van der Waals surface area contributed by atoms with Crippen LogP contribution >= 0.6 is 39.5 Å². The van der Waals surface area contributed by atoms with Crippen molar-refractivity contribution < 1.29 is 10.2 Å². The summed E-state index contributed by atoms with van der Waals surface area (Å²) < 4.78 is 0.997. The molecule has 0 aromatic heterocycles. The molecule has 0 fully saturated rings. The second kappa shape index (κ2) is 8.11. The minimum atomic E-state index is 0.191. The molecule has 140 valence electrons. The van der Waals surface area contributed by atoms with E-state index in [0.717, 1.165) is 14.3 Å². The number of fused-ring (bicyclic) bond motifs is 1. The van der Waals surface area contributed by atoms with Crippen molar-refractivity contribution in [1.82, 2.24) is 0 Å². The molecule has 0 bridgehead atoms. The lowest BCUT2D eigenvalue weighted by Crippen LogP contribution is -1.87. The molecule has 4 aromatic rings. The first-order valence-corrected chi connectivity index (χ1v) is 11.1. The molecule has 4 rings (SSSR count). The van der Waals surface area contributed by atoms with Gasteiger partial charge in [0.05, 0.1) is 9.79 Å². The molecule has 4 aromatic carbocycles. The molecule has 0 saturated carbocycles. The minimum absolute atomic E-state index is 0.191. The van der Waals surface area contributed by atoms with E-state index in [9.17, 15) is 10.2 Å². The standard InChI is InChI=1S/C23H17BrO2S2/c1-14-6-10-16(11-7-14)27-22-20(25)18-4-2-3-5-19(18)21(26)23(22)28-17-12-8-15(24)9-13-17/h2-13,25-26H,1H3. The van der Waals surface area contributed by atoms with Gasteiger partial charge in [-0.3, -0.25) is 0 Å². The third kappa shape index (κ3) is 3.88. The highest BCUT2D eigenvalue weighted by atomic mass is 79.9. The Balaban J connectivity index is 1.88. The maximum Gasteiger partial charge on any atom is 0.138 e. The van der Waals surface area contributed by atoms with Crippen molar-refractivity contribution in [3.05, 3.63) is 82.8 Å². The van der Waals surface area contributed by atoms with Gasteiger partial charge in [-0.15, -0.1) is 0 Å². The van der Waals surface area contributed by atoms with Gasteiger partial charge in [-0.2, -0.15) is 0 Å². The first-order chi connectivity index (χ1) is 13.5. The maximum atomic E-state index is 11.0. The molecule has 2 nitrogen and oxygen atoms in total. The van der Waals surface area contributed by atoms with E-state index in [1.54, 1.807) is 0 Å². The van der Waals surface area contributed by atoms with Crippen LogP contribution < -0.4 is 0 Å². The van der Waals surface area contributed by atoms with Gasteiger partial charge >= 0.3 is 0 Å².